The number of hydrogen-bond donors (Lipinski definition) is 2. The van der Waals surface area contributed by atoms with E-state index in [0.29, 0.717) is 13.0 Å². The summed E-state index contributed by atoms with van der Waals surface area (Å²) in [7, 11) is 0. The third-order valence-electron chi connectivity index (χ3n) is 2.65. The van der Waals surface area contributed by atoms with Crippen molar-refractivity contribution in [1.29, 1.82) is 0 Å². The first kappa shape index (κ1) is 15.4. The van der Waals surface area contributed by atoms with E-state index in [-0.39, 0.29) is 26.4 Å². The molecule has 0 atom stereocenters. The normalized spacial score (nSPS) is 10.6. The van der Waals surface area contributed by atoms with Gasteiger partial charge in [0.2, 0.25) is 0 Å². The maximum Gasteiger partial charge on any atom is 0.256 e. The average molecular weight is 351 g/mol. The number of aromatic hydroxyl groups is 1. The lowest BCUT2D eigenvalue weighted by Gasteiger charge is -2.10. The maximum absolute atomic E-state index is 12.0. The molecule has 1 aromatic heterocycles. The van der Waals surface area contributed by atoms with Gasteiger partial charge in [0.05, 0.1) is 15.1 Å². The van der Waals surface area contributed by atoms with Crippen LogP contribution in [0.25, 0.3) is 0 Å². The molecule has 2 rings (SSSR count). The number of benzene rings is 1. The Morgan fingerprint density at radius 1 is 1.30 bits per heavy atom. The summed E-state index contributed by atoms with van der Waals surface area (Å²) in [5.74, 6) is -0.874. The van der Waals surface area contributed by atoms with E-state index in [1.165, 1.54) is 6.07 Å². The molecule has 0 unspecified atom stereocenters. The van der Waals surface area contributed by atoms with Gasteiger partial charge in [-0.2, -0.15) is 11.3 Å². The van der Waals surface area contributed by atoms with Gasteiger partial charge in [0.25, 0.3) is 5.91 Å². The Balaban J connectivity index is 2.09. The lowest BCUT2D eigenvalue weighted by Crippen LogP contribution is -2.26. The fraction of sp³-hybridized carbons (Fsp3) is 0.154. The van der Waals surface area contributed by atoms with Crippen LogP contribution in [-0.2, 0) is 6.42 Å². The van der Waals surface area contributed by atoms with Crippen molar-refractivity contribution in [2.75, 3.05) is 6.54 Å². The predicted molar refractivity (Wildman–Crippen MR) is 83.5 cm³/mol. The van der Waals surface area contributed by atoms with Crippen LogP contribution in [0.3, 0.4) is 0 Å². The standard InChI is InChI=1S/C13H10Cl3NO2S/c14-8-5-9(15)12(18)10(11(8)16)13(19)17-3-1-7-2-4-20-6-7/h2,4-6,18H,1,3H2,(H,17,19). The molecule has 0 saturated carbocycles. The van der Waals surface area contributed by atoms with Crippen LogP contribution in [0.4, 0.5) is 0 Å². The Hall–Kier alpha value is -0.940. The van der Waals surface area contributed by atoms with Crippen molar-refractivity contribution >= 4 is 52.0 Å². The molecular weight excluding hydrogens is 341 g/mol. The molecule has 0 aliphatic carbocycles. The number of carbonyl (C=O) groups excluding carboxylic acids is 1. The van der Waals surface area contributed by atoms with Crippen molar-refractivity contribution in [2.24, 2.45) is 0 Å². The van der Waals surface area contributed by atoms with E-state index in [4.69, 9.17) is 34.8 Å². The van der Waals surface area contributed by atoms with Gasteiger partial charge in [0.1, 0.15) is 11.3 Å². The molecule has 0 saturated heterocycles. The minimum absolute atomic E-state index is 0.0117. The van der Waals surface area contributed by atoms with Crippen LogP contribution in [0.2, 0.25) is 15.1 Å². The van der Waals surface area contributed by atoms with E-state index in [9.17, 15) is 9.90 Å². The van der Waals surface area contributed by atoms with E-state index in [2.05, 4.69) is 5.32 Å². The van der Waals surface area contributed by atoms with Crippen molar-refractivity contribution in [1.82, 2.24) is 5.32 Å². The molecule has 0 aliphatic rings. The second-order valence-corrected chi connectivity index (χ2v) is 5.99. The SMILES string of the molecule is O=C(NCCc1ccsc1)c1c(O)c(Cl)cc(Cl)c1Cl. The van der Waals surface area contributed by atoms with Gasteiger partial charge in [-0.3, -0.25) is 4.79 Å². The summed E-state index contributed by atoms with van der Waals surface area (Å²) in [5, 5.41) is 16.6. The number of phenolic OH excluding ortho intramolecular Hbond substituents is 1. The molecule has 1 amide bonds. The summed E-state index contributed by atoms with van der Waals surface area (Å²) < 4.78 is 0. The van der Waals surface area contributed by atoms with Gasteiger partial charge in [0.15, 0.2) is 0 Å². The second kappa shape index (κ2) is 6.68. The Morgan fingerprint density at radius 2 is 2.05 bits per heavy atom. The number of phenols is 1. The molecule has 0 aliphatic heterocycles. The largest absolute Gasteiger partial charge is 0.505 e. The number of hydrogen-bond acceptors (Lipinski definition) is 3. The Labute approximate surface area is 135 Å². The summed E-state index contributed by atoms with van der Waals surface area (Å²) in [4.78, 5) is 12.0. The minimum atomic E-state index is -0.507. The van der Waals surface area contributed by atoms with Crippen LogP contribution in [0.1, 0.15) is 15.9 Å². The van der Waals surface area contributed by atoms with Crippen molar-refractivity contribution in [3.8, 4) is 5.75 Å². The molecule has 3 nitrogen and oxygen atoms in total. The van der Waals surface area contributed by atoms with Crippen LogP contribution in [-0.4, -0.2) is 17.6 Å². The summed E-state index contributed by atoms with van der Waals surface area (Å²) in [6, 6.07) is 3.28. The van der Waals surface area contributed by atoms with Crippen LogP contribution in [0, 0.1) is 0 Å². The van der Waals surface area contributed by atoms with Gasteiger partial charge in [-0.25, -0.2) is 0 Å². The van der Waals surface area contributed by atoms with E-state index in [1.54, 1.807) is 11.3 Å². The molecule has 0 bridgehead atoms. The molecule has 0 spiro atoms. The highest BCUT2D eigenvalue weighted by atomic mass is 35.5. The number of amides is 1. The number of thiophene rings is 1. The summed E-state index contributed by atoms with van der Waals surface area (Å²) >= 11 is 19.2. The fourth-order valence-corrected chi connectivity index (χ4v) is 3.03. The predicted octanol–water partition coefficient (Wildman–Crippen LogP) is 4.39. The van der Waals surface area contributed by atoms with E-state index >= 15 is 0 Å². The van der Waals surface area contributed by atoms with Crippen molar-refractivity contribution in [2.45, 2.75) is 6.42 Å². The zero-order chi connectivity index (χ0) is 14.7. The van der Waals surface area contributed by atoms with Crippen LogP contribution in [0.5, 0.6) is 5.75 Å². The highest BCUT2D eigenvalue weighted by Crippen LogP contribution is 2.38. The Kier molecular flexibility index (Phi) is 5.16. The van der Waals surface area contributed by atoms with Crippen LogP contribution in [0.15, 0.2) is 22.9 Å². The smallest absolute Gasteiger partial charge is 0.256 e. The Bertz CT molecular complexity index is 603. The summed E-state index contributed by atoms with van der Waals surface area (Å²) in [5.41, 5.74) is 1.03. The zero-order valence-electron chi connectivity index (χ0n) is 10.1. The molecule has 20 heavy (non-hydrogen) atoms. The van der Waals surface area contributed by atoms with Gasteiger partial charge in [-0.1, -0.05) is 34.8 Å². The maximum atomic E-state index is 12.0. The average Bonchev–Trinajstić information content (AvgIpc) is 2.90. The molecule has 0 fully saturated rings. The van der Waals surface area contributed by atoms with Crippen LogP contribution < -0.4 is 5.32 Å². The van der Waals surface area contributed by atoms with Gasteiger partial charge in [0, 0.05) is 6.54 Å². The van der Waals surface area contributed by atoms with Gasteiger partial charge < -0.3 is 10.4 Å². The van der Waals surface area contributed by atoms with Gasteiger partial charge in [-0.05, 0) is 34.9 Å². The monoisotopic (exact) mass is 349 g/mol. The number of rotatable bonds is 4. The van der Waals surface area contributed by atoms with Crippen molar-refractivity contribution < 1.29 is 9.90 Å². The lowest BCUT2D eigenvalue weighted by molar-refractivity contribution is 0.0951. The number of nitrogens with one attached hydrogen (secondary N) is 1. The fourth-order valence-electron chi connectivity index (χ4n) is 1.64. The third kappa shape index (κ3) is 3.38. The highest BCUT2D eigenvalue weighted by Gasteiger charge is 2.20. The van der Waals surface area contributed by atoms with E-state index in [0.717, 1.165) is 5.56 Å². The summed E-state index contributed by atoms with van der Waals surface area (Å²) in [6.45, 7) is 0.426. The zero-order valence-corrected chi connectivity index (χ0v) is 13.2. The first-order valence-electron chi connectivity index (χ1n) is 5.66. The molecular formula is C13H10Cl3NO2S. The van der Waals surface area contributed by atoms with Crippen molar-refractivity contribution in [3.05, 3.63) is 49.1 Å². The molecule has 2 aromatic rings. The summed E-state index contributed by atoms with van der Waals surface area (Å²) in [6.07, 6.45) is 0.696. The topological polar surface area (TPSA) is 49.3 Å². The number of halogens is 3. The van der Waals surface area contributed by atoms with Crippen LogP contribution >= 0.6 is 46.1 Å². The lowest BCUT2D eigenvalue weighted by atomic mass is 10.1. The molecule has 0 radical (unpaired) electrons. The van der Waals surface area contributed by atoms with Gasteiger partial charge in [-0.15, -0.1) is 0 Å². The highest BCUT2D eigenvalue weighted by molar-refractivity contribution is 7.07. The molecule has 1 heterocycles. The van der Waals surface area contributed by atoms with Crippen molar-refractivity contribution in [3.63, 3.8) is 0 Å². The third-order valence-corrected chi connectivity index (χ3v) is 4.46. The molecule has 1 aromatic carbocycles. The molecule has 7 heteroatoms. The second-order valence-electron chi connectivity index (χ2n) is 4.02. The quantitative estimate of drug-likeness (QED) is 0.804. The minimum Gasteiger partial charge on any atom is -0.505 e. The number of carbonyl (C=O) groups is 1. The van der Waals surface area contributed by atoms with Gasteiger partial charge >= 0.3 is 0 Å². The molecule has 106 valence electrons. The molecule has 2 N–H and O–H groups in total. The van der Waals surface area contributed by atoms with E-state index in [1.807, 2.05) is 16.8 Å². The first-order chi connectivity index (χ1) is 9.50. The first-order valence-corrected chi connectivity index (χ1v) is 7.74. The Morgan fingerprint density at radius 3 is 2.70 bits per heavy atom. The van der Waals surface area contributed by atoms with E-state index < -0.39 is 5.91 Å².